The summed E-state index contributed by atoms with van der Waals surface area (Å²) in [6.07, 6.45) is 7.17. The van der Waals surface area contributed by atoms with E-state index in [1.165, 1.54) is 12.8 Å². The molecule has 27 heavy (non-hydrogen) atoms. The van der Waals surface area contributed by atoms with Gasteiger partial charge in [0, 0.05) is 47.2 Å². The van der Waals surface area contributed by atoms with E-state index < -0.39 is 6.17 Å². The van der Waals surface area contributed by atoms with Crippen molar-refractivity contribution >= 4 is 28.5 Å². The molecule has 5 rings (SSSR count). The molecule has 1 atom stereocenters. The van der Waals surface area contributed by atoms with Crippen LogP contribution in [0.4, 0.5) is 17.6 Å². The van der Waals surface area contributed by atoms with E-state index in [-0.39, 0.29) is 0 Å². The lowest BCUT2D eigenvalue weighted by atomic mass is 10.2. The molecule has 0 amide bonds. The molecule has 0 unspecified atom stereocenters. The second kappa shape index (κ2) is 6.36. The monoisotopic (exact) mass is 361 g/mol. The van der Waals surface area contributed by atoms with Gasteiger partial charge in [-0.05, 0) is 31.0 Å². The molecule has 4 heterocycles. The molecule has 1 fully saturated rings. The predicted molar refractivity (Wildman–Crippen MR) is 103 cm³/mol. The van der Waals surface area contributed by atoms with E-state index >= 15 is 0 Å². The largest absolute Gasteiger partial charge is 0.361 e. The topological polar surface area (TPSA) is 133 Å². The maximum absolute atomic E-state index is 6.29. The molecule has 0 saturated heterocycles. The lowest BCUT2D eigenvalue weighted by Gasteiger charge is -2.14. The van der Waals surface area contributed by atoms with E-state index in [1.54, 1.807) is 18.5 Å². The third-order valence-electron chi connectivity index (χ3n) is 4.62. The second-order valence-electron chi connectivity index (χ2n) is 6.63. The van der Waals surface area contributed by atoms with E-state index in [0.717, 1.165) is 28.1 Å². The van der Waals surface area contributed by atoms with Crippen LogP contribution in [0.2, 0.25) is 0 Å². The zero-order chi connectivity index (χ0) is 18.2. The van der Waals surface area contributed by atoms with Crippen LogP contribution in [0, 0.1) is 0 Å². The third kappa shape index (κ3) is 3.20. The van der Waals surface area contributed by atoms with Gasteiger partial charge in [0.15, 0.2) is 5.82 Å². The van der Waals surface area contributed by atoms with Gasteiger partial charge in [-0.2, -0.15) is 10.1 Å². The van der Waals surface area contributed by atoms with Gasteiger partial charge in [0.05, 0.1) is 5.69 Å². The summed E-state index contributed by atoms with van der Waals surface area (Å²) in [6, 6.07) is 7.67. The van der Waals surface area contributed by atoms with E-state index in [1.807, 2.05) is 24.4 Å². The molecule has 9 heteroatoms. The zero-order valence-corrected chi connectivity index (χ0v) is 14.5. The Bertz CT molecular complexity index is 1080. The maximum Gasteiger partial charge on any atom is 0.226 e. The number of hydrogen-bond acceptors (Lipinski definition) is 7. The third-order valence-corrected chi connectivity index (χ3v) is 4.62. The first-order chi connectivity index (χ1) is 13.3. The van der Waals surface area contributed by atoms with Crippen LogP contribution < -0.4 is 16.4 Å². The minimum Gasteiger partial charge on any atom is -0.361 e. The second-order valence-corrected chi connectivity index (χ2v) is 6.63. The van der Waals surface area contributed by atoms with Crippen molar-refractivity contribution in [1.82, 2.24) is 30.1 Å². The molecular weight excluding hydrogens is 342 g/mol. The van der Waals surface area contributed by atoms with E-state index in [2.05, 4.69) is 40.8 Å². The van der Waals surface area contributed by atoms with E-state index in [0.29, 0.717) is 17.7 Å². The van der Waals surface area contributed by atoms with Crippen molar-refractivity contribution < 1.29 is 0 Å². The number of hydrogen-bond donors (Lipinski definition) is 5. The number of pyridine rings is 1. The van der Waals surface area contributed by atoms with Gasteiger partial charge in [-0.3, -0.25) is 10.1 Å². The number of fused-ring (bicyclic) bond motifs is 1. The van der Waals surface area contributed by atoms with Gasteiger partial charge in [0.1, 0.15) is 12.0 Å². The smallest absolute Gasteiger partial charge is 0.226 e. The molecule has 6 N–H and O–H groups in total. The number of H-pyrrole nitrogens is 2. The highest BCUT2D eigenvalue weighted by Crippen LogP contribution is 2.39. The van der Waals surface area contributed by atoms with Gasteiger partial charge in [-0.1, -0.05) is 0 Å². The lowest BCUT2D eigenvalue weighted by Crippen LogP contribution is -2.22. The van der Waals surface area contributed by atoms with Crippen LogP contribution >= 0.6 is 0 Å². The number of aromatic nitrogens is 6. The molecule has 4 aromatic heterocycles. The van der Waals surface area contributed by atoms with Gasteiger partial charge in [0.25, 0.3) is 0 Å². The highest BCUT2D eigenvalue weighted by molar-refractivity contribution is 5.82. The average molecular weight is 361 g/mol. The zero-order valence-electron chi connectivity index (χ0n) is 14.5. The fourth-order valence-corrected chi connectivity index (χ4v) is 3.09. The van der Waals surface area contributed by atoms with Crippen molar-refractivity contribution in [1.29, 1.82) is 0 Å². The molecule has 0 radical (unpaired) electrons. The molecule has 4 aromatic rings. The first-order valence-electron chi connectivity index (χ1n) is 8.86. The Morgan fingerprint density at radius 3 is 2.89 bits per heavy atom. The van der Waals surface area contributed by atoms with Gasteiger partial charge < -0.3 is 21.4 Å². The maximum atomic E-state index is 6.29. The van der Waals surface area contributed by atoms with Crippen LogP contribution in [0.15, 0.2) is 42.9 Å². The van der Waals surface area contributed by atoms with E-state index in [9.17, 15) is 0 Å². The number of aromatic amines is 2. The Morgan fingerprint density at radius 2 is 2.00 bits per heavy atom. The van der Waals surface area contributed by atoms with Crippen LogP contribution in [0.3, 0.4) is 0 Å². The van der Waals surface area contributed by atoms with Gasteiger partial charge in [-0.15, -0.1) is 0 Å². The highest BCUT2D eigenvalue weighted by atomic mass is 15.2. The van der Waals surface area contributed by atoms with Crippen LogP contribution in [-0.4, -0.2) is 30.1 Å². The number of nitrogens with two attached hydrogens (primary N) is 1. The summed E-state index contributed by atoms with van der Waals surface area (Å²) in [5.74, 6) is 2.42. The molecule has 9 nitrogen and oxygen atoms in total. The molecular formula is C18H19N9. The summed E-state index contributed by atoms with van der Waals surface area (Å²) >= 11 is 0. The van der Waals surface area contributed by atoms with Gasteiger partial charge in [0.2, 0.25) is 5.95 Å². The molecule has 1 aliphatic carbocycles. The predicted octanol–water partition coefficient (Wildman–Crippen LogP) is 2.77. The van der Waals surface area contributed by atoms with E-state index in [4.69, 9.17) is 5.73 Å². The minimum atomic E-state index is -0.536. The Hall–Kier alpha value is -3.46. The highest BCUT2D eigenvalue weighted by Gasteiger charge is 2.25. The summed E-state index contributed by atoms with van der Waals surface area (Å²) in [5.41, 5.74) is 9.18. The lowest BCUT2D eigenvalue weighted by molar-refractivity contribution is 0.793. The van der Waals surface area contributed by atoms with Gasteiger partial charge >= 0.3 is 0 Å². The summed E-state index contributed by atoms with van der Waals surface area (Å²) < 4.78 is 0. The minimum absolute atomic E-state index is 0.416. The summed E-state index contributed by atoms with van der Waals surface area (Å²) in [5, 5.41) is 14.6. The van der Waals surface area contributed by atoms with Crippen LogP contribution in [0.5, 0.6) is 0 Å². The first-order valence-corrected chi connectivity index (χ1v) is 8.86. The normalized spacial score (nSPS) is 15.0. The number of nitrogens with one attached hydrogen (secondary N) is 4. The standard InChI is InChI=1S/C18H19N9/c19-17(16-11-3-6-20-12(11)4-7-21-16)25-18-22-8-5-14(24-18)23-15-9-13(26-27-15)10-1-2-10/h3-10,17,20H,1-2,19H2,(H3,22,23,24,25,26,27)/t17-/m0/s1. The fourth-order valence-electron chi connectivity index (χ4n) is 3.09. The van der Waals surface area contributed by atoms with Crippen molar-refractivity contribution in [3.05, 3.63) is 54.2 Å². The SMILES string of the molecule is N[C@@H](Nc1nccc(Nc2cc(C3CC3)[nH]n2)n1)c1nccc2[nH]ccc12. The average Bonchev–Trinajstić information content (AvgIpc) is 3.22. The Kier molecular flexibility index (Phi) is 3.72. The first kappa shape index (κ1) is 15.8. The molecule has 1 saturated carbocycles. The number of rotatable bonds is 6. The van der Waals surface area contributed by atoms with Crippen molar-refractivity contribution in [2.24, 2.45) is 5.73 Å². The van der Waals surface area contributed by atoms with Crippen LogP contribution in [-0.2, 0) is 0 Å². The van der Waals surface area contributed by atoms with Crippen molar-refractivity contribution in [2.75, 3.05) is 10.6 Å². The Balaban J connectivity index is 1.33. The molecule has 1 aliphatic rings. The fraction of sp³-hybridized carbons (Fsp3) is 0.222. The molecule has 0 aromatic carbocycles. The van der Waals surface area contributed by atoms with Crippen molar-refractivity contribution in [2.45, 2.75) is 24.9 Å². The Labute approximate surface area is 154 Å². The molecule has 0 bridgehead atoms. The molecule has 0 spiro atoms. The number of anilines is 3. The summed E-state index contributed by atoms with van der Waals surface area (Å²) in [6.45, 7) is 0. The van der Waals surface area contributed by atoms with Crippen LogP contribution in [0.1, 0.15) is 36.3 Å². The van der Waals surface area contributed by atoms with Crippen molar-refractivity contribution in [3.8, 4) is 0 Å². The van der Waals surface area contributed by atoms with Crippen LogP contribution in [0.25, 0.3) is 10.9 Å². The van der Waals surface area contributed by atoms with Crippen molar-refractivity contribution in [3.63, 3.8) is 0 Å². The Morgan fingerprint density at radius 1 is 1.11 bits per heavy atom. The summed E-state index contributed by atoms with van der Waals surface area (Å²) in [7, 11) is 0. The summed E-state index contributed by atoms with van der Waals surface area (Å²) in [4.78, 5) is 16.3. The number of nitrogens with zero attached hydrogens (tertiary/aromatic N) is 4. The molecule has 0 aliphatic heterocycles. The molecule has 136 valence electrons. The quantitative estimate of drug-likeness (QED) is 0.333. The van der Waals surface area contributed by atoms with Gasteiger partial charge in [-0.25, -0.2) is 4.98 Å².